The first-order valence-electron chi connectivity index (χ1n) is 6.12. The summed E-state index contributed by atoms with van der Waals surface area (Å²) in [5.74, 6) is 0.325. The van der Waals surface area contributed by atoms with E-state index in [-0.39, 0.29) is 5.97 Å². The van der Waals surface area contributed by atoms with Crippen LogP contribution in [0.1, 0.15) is 26.7 Å². The lowest BCUT2D eigenvalue weighted by Gasteiger charge is -2.35. The standard InChI is InChI=1S/C12H24N2O2/c1-5-13-12(10-7-8-10,11(15)16-4)9-14(3)6-2/h10,13H,5-9H2,1-4H3. The molecule has 0 aromatic rings. The number of carbonyl (C=O) groups excluding carboxylic acids is 1. The Bertz CT molecular complexity index is 241. The molecule has 1 aliphatic rings. The minimum absolute atomic E-state index is 0.114. The van der Waals surface area contributed by atoms with Crippen molar-refractivity contribution in [2.45, 2.75) is 32.2 Å². The molecule has 0 spiro atoms. The molecule has 0 amide bonds. The normalized spacial score (nSPS) is 19.6. The second-order valence-electron chi connectivity index (χ2n) is 4.60. The zero-order valence-corrected chi connectivity index (χ0v) is 10.9. The Morgan fingerprint density at radius 3 is 2.50 bits per heavy atom. The van der Waals surface area contributed by atoms with Crippen molar-refractivity contribution in [3.63, 3.8) is 0 Å². The van der Waals surface area contributed by atoms with Crippen LogP contribution in [0.2, 0.25) is 0 Å². The minimum Gasteiger partial charge on any atom is -0.468 e. The molecule has 0 saturated heterocycles. The van der Waals surface area contributed by atoms with Gasteiger partial charge in [-0.2, -0.15) is 0 Å². The predicted octanol–water partition coefficient (Wildman–Crippen LogP) is 0.869. The first-order chi connectivity index (χ1) is 7.60. The number of likely N-dealkylation sites (N-methyl/N-ethyl adjacent to an activating group) is 2. The van der Waals surface area contributed by atoms with Crippen LogP contribution in [0.25, 0.3) is 0 Å². The third-order valence-electron chi connectivity index (χ3n) is 3.38. The van der Waals surface area contributed by atoms with Crippen molar-refractivity contribution in [3.8, 4) is 0 Å². The summed E-state index contributed by atoms with van der Waals surface area (Å²) in [6.07, 6.45) is 2.25. The third kappa shape index (κ3) is 2.74. The van der Waals surface area contributed by atoms with Crippen molar-refractivity contribution < 1.29 is 9.53 Å². The van der Waals surface area contributed by atoms with Gasteiger partial charge in [-0.15, -0.1) is 0 Å². The Hall–Kier alpha value is -0.610. The van der Waals surface area contributed by atoms with Crippen LogP contribution in [0, 0.1) is 5.92 Å². The molecule has 1 rings (SSSR count). The number of methoxy groups -OCH3 is 1. The van der Waals surface area contributed by atoms with Gasteiger partial charge in [0, 0.05) is 6.54 Å². The fraction of sp³-hybridized carbons (Fsp3) is 0.917. The number of ether oxygens (including phenoxy) is 1. The highest BCUT2D eigenvalue weighted by Gasteiger charge is 2.51. The van der Waals surface area contributed by atoms with Gasteiger partial charge in [0.1, 0.15) is 5.54 Å². The van der Waals surface area contributed by atoms with Crippen LogP contribution in [0.4, 0.5) is 0 Å². The van der Waals surface area contributed by atoms with Crippen LogP contribution in [-0.2, 0) is 9.53 Å². The summed E-state index contributed by atoms with van der Waals surface area (Å²) in [5.41, 5.74) is -0.492. The van der Waals surface area contributed by atoms with Gasteiger partial charge in [0.25, 0.3) is 0 Å². The number of rotatable bonds is 7. The molecule has 0 radical (unpaired) electrons. The molecule has 4 heteroatoms. The number of hydrogen-bond acceptors (Lipinski definition) is 4. The van der Waals surface area contributed by atoms with Gasteiger partial charge in [0.05, 0.1) is 7.11 Å². The third-order valence-corrected chi connectivity index (χ3v) is 3.38. The van der Waals surface area contributed by atoms with Crippen molar-refractivity contribution in [1.29, 1.82) is 0 Å². The molecule has 94 valence electrons. The summed E-state index contributed by atoms with van der Waals surface area (Å²) in [7, 11) is 3.51. The molecule has 0 bridgehead atoms. The Labute approximate surface area is 98.3 Å². The lowest BCUT2D eigenvalue weighted by atomic mass is 9.92. The van der Waals surface area contributed by atoms with Crippen LogP contribution >= 0.6 is 0 Å². The van der Waals surface area contributed by atoms with Crippen molar-refractivity contribution in [2.24, 2.45) is 5.92 Å². The SMILES string of the molecule is CCNC(CN(C)CC)(C(=O)OC)C1CC1. The van der Waals surface area contributed by atoms with Gasteiger partial charge in [-0.05, 0) is 38.9 Å². The fourth-order valence-corrected chi connectivity index (χ4v) is 2.24. The van der Waals surface area contributed by atoms with E-state index in [4.69, 9.17) is 4.74 Å². The van der Waals surface area contributed by atoms with E-state index in [2.05, 4.69) is 17.1 Å². The number of esters is 1. The monoisotopic (exact) mass is 228 g/mol. The molecule has 1 aliphatic carbocycles. The van der Waals surface area contributed by atoms with Crippen molar-refractivity contribution in [1.82, 2.24) is 10.2 Å². The molecule has 1 unspecified atom stereocenters. The zero-order valence-electron chi connectivity index (χ0n) is 10.9. The summed E-state index contributed by atoms with van der Waals surface area (Å²) in [6.45, 7) is 6.60. The highest BCUT2D eigenvalue weighted by Crippen LogP contribution is 2.40. The van der Waals surface area contributed by atoms with E-state index in [1.807, 2.05) is 14.0 Å². The van der Waals surface area contributed by atoms with Gasteiger partial charge in [0.2, 0.25) is 0 Å². The van der Waals surface area contributed by atoms with E-state index < -0.39 is 5.54 Å². The Morgan fingerprint density at radius 2 is 2.12 bits per heavy atom. The molecule has 1 fully saturated rings. The second-order valence-corrected chi connectivity index (χ2v) is 4.60. The molecule has 1 saturated carbocycles. The van der Waals surface area contributed by atoms with Gasteiger partial charge in [-0.1, -0.05) is 13.8 Å². The molecule has 0 heterocycles. The van der Waals surface area contributed by atoms with Crippen LogP contribution in [-0.4, -0.2) is 50.2 Å². The zero-order chi connectivity index (χ0) is 12.2. The summed E-state index contributed by atoms with van der Waals surface area (Å²) in [4.78, 5) is 14.2. The van der Waals surface area contributed by atoms with E-state index in [9.17, 15) is 4.79 Å². The van der Waals surface area contributed by atoms with Crippen LogP contribution < -0.4 is 5.32 Å². The van der Waals surface area contributed by atoms with Gasteiger partial charge in [0.15, 0.2) is 0 Å². The van der Waals surface area contributed by atoms with Crippen molar-refractivity contribution in [3.05, 3.63) is 0 Å². The largest absolute Gasteiger partial charge is 0.468 e. The first-order valence-corrected chi connectivity index (χ1v) is 6.12. The van der Waals surface area contributed by atoms with E-state index >= 15 is 0 Å². The maximum Gasteiger partial charge on any atom is 0.327 e. The maximum absolute atomic E-state index is 12.0. The molecule has 1 atom stereocenters. The van der Waals surface area contributed by atoms with Gasteiger partial charge in [-0.3, -0.25) is 0 Å². The van der Waals surface area contributed by atoms with E-state index in [0.717, 1.165) is 32.5 Å². The van der Waals surface area contributed by atoms with Crippen LogP contribution in [0.15, 0.2) is 0 Å². The predicted molar refractivity (Wildman–Crippen MR) is 64.3 cm³/mol. The summed E-state index contributed by atoms with van der Waals surface area (Å²) in [5, 5.41) is 3.36. The smallest absolute Gasteiger partial charge is 0.327 e. The quantitative estimate of drug-likeness (QED) is 0.657. The number of carbonyl (C=O) groups is 1. The minimum atomic E-state index is -0.492. The number of nitrogens with one attached hydrogen (secondary N) is 1. The molecule has 1 N–H and O–H groups in total. The highest BCUT2D eigenvalue weighted by molar-refractivity contribution is 5.82. The molecular formula is C12H24N2O2. The first kappa shape index (κ1) is 13.5. The molecule has 4 nitrogen and oxygen atoms in total. The van der Waals surface area contributed by atoms with Gasteiger partial charge < -0.3 is 15.0 Å². The summed E-state index contributed by atoms with van der Waals surface area (Å²) < 4.78 is 4.99. The lowest BCUT2D eigenvalue weighted by molar-refractivity contribution is -0.150. The maximum atomic E-state index is 12.0. The molecule has 16 heavy (non-hydrogen) atoms. The van der Waals surface area contributed by atoms with Crippen LogP contribution in [0.5, 0.6) is 0 Å². The summed E-state index contributed by atoms with van der Waals surface area (Å²) in [6, 6.07) is 0. The Balaban J connectivity index is 2.82. The van der Waals surface area contributed by atoms with Crippen molar-refractivity contribution in [2.75, 3.05) is 33.8 Å². The highest BCUT2D eigenvalue weighted by atomic mass is 16.5. The molecule has 0 aromatic heterocycles. The molecule has 0 aliphatic heterocycles. The van der Waals surface area contributed by atoms with E-state index in [0.29, 0.717) is 5.92 Å². The Kier molecular flexibility index (Phi) is 4.74. The molecule has 0 aromatic carbocycles. The number of nitrogens with zero attached hydrogens (tertiary/aromatic N) is 1. The van der Waals surface area contributed by atoms with E-state index in [1.54, 1.807) is 0 Å². The topological polar surface area (TPSA) is 41.6 Å². The van der Waals surface area contributed by atoms with Crippen LogP contribution in [0.3, 0.4) is 0 Å². The summed E-state index contributed by atoms with van der Waals surface area (Å²) >= 11 is 0. The lowest BCUT2D eigenvalue weighted by Crippen LogP contribution is -2.60. The average Bonchev–Trinajstić information content (AvgIpc) is 3.11. The molecular weight excluding hydrogens is 204 g/mol. The van der Waals surface area contributed by atoms with Gasteiger partial charge in [-0.25, -0.2) is 4.79 Å². The van der Waals surface area contributed by atoms with Crippen molar-refractivity contribution >= 4 is 5.97 Å². The second kappa shape index (κ2) is 5.64. The fourth-order valence-electron chi connectivity index (χ4n) is 2.24. The Morgan fingerprint density at radius 1 is 1.50 bits per heavy atom. The van der Waals surface area contributed by atoms with E-state index in [1.165, 1.54) is 7.11 Å². The number of hydrogen-bond donors (Lipinski definition) is 1. The van der Waals surface area contributed by atoms with Gasteiger partial charge >= 0.3 is 5.97 Å². The average molecular weight is 228 g/mol.